The molecule has 3 rings (SSSR count). The van der Waals surface area contributed by atoms with Crippen LogP contribution in [0.4, 0.5) is 0 Å². The van der Waals surface area contributed by atoms with E-state index in [0.717, 1.165) is 47.1 Å². The number of rotatable bonds is 12. The molecular weight excluding hydrogens is 430 g/mol. The summed E-state index contributed by atoms with van der Waals surface area (Å²) in [7, 11) is 1.67. The fourth-order valence-electron chi connectivity index (χ4n) is 3.15. The van der Waals surface area contributed by atoms with Crippen LogP contribution >= 0.6 is 12.4 Å². The van der Waals surface area contributed by atoms with Crippen molar-refractivity contribution >= 4 is 24.3 Å². The summed E-state index contributed by atoms with van der Waals surface area (Å²) in [5.41, 5.74) is 13.5. The number of nitrogens with zero attached hydrogens (tertiary/aromatic N) is 1. The number of aliphatic imine (C=N–C) groups is 1. The maximum absolute atomic E-state index is 11.8. The molecule has 0 heterocycles. The van der Waals surface area contributed by atoms with Crippen molar-refractivity contribution in [3.05, 3.63) is 48.0 Å². The molecule has 0 aromatic heterocycles. The predicted octanol–water partition coefficient (Wildman–Crippen LogP) is 3.71. The van der Waals surface area contributed by atoms with Crippen LogP contribution in [-0.4, -0.2) is 38.8 Å². The number of carbonyl (C=O) groups is 1. The highest BCUT2D eigenvalue weighted by molar-refractivity contribution is 5.91. The lowest BCUT2D eigenvalue weighted by Crippen LogP contribution is -2.24. The van der Waals surface area contributed by atoms with E-state index >= 15 is 0 Å². The number of halogens is 1. The first kappa shape index (κ1) is 25.5. The van der Waals surface area contributed by atoms with Crippen LogP contribution in [0.2, 0.25) is 0 Å². The maximum Gasteiger partial charge on any atom is 0.249 e. The third-order valence-electron chi connectivity index (χ3n) is 5.03. The Morgan fingerprint density at radius 3 is 2.47 bits per heavy atom. The number of guanidine groups is 1. The molecule has 4 N–H and O–H groups in total. The zero-order valence-corrected chi connectivity index (χ0v) is 19.2. The van der Waals surface area contributed by atoms with Crippen LogP contribution < -0.4 is 20.9 Å². The van der Waals surface area contributed by atoms with Gasteiger partial charge in [-0.3, -0.25) is 4.79 Å². The summed E-state index contributed by atoms with van der Waals surface area (Å²) >= 11 is 0. The fourth-order valence-corrected chi connectivity index (χ4v) is 3.15. The molecule has 0 bridgehead atoms. The van der Waals surface area contributed by atoms with E-state index < -0.39 is 0 Å². The van der Waals surface area contributed by atoms with Crippen LogP contribution in [0.25, 0.3) is 11.1 Å². The van der Waals surface area contributed by atoms with Gasteiger partial charge in [0.25, 0.3) is 0 Å². The molecule has 0 radical (unpaired) electrons. The Morgan fingerprint density at radius 1 is 1.06 bits per heavy atom. The highest BCUT2D eigenvalue weighted by atomic mass is 35.5. The lowest BCUT2D eigenvalue weighted by atomic mass is 10.0. The van der Waals surface area contributed by atoms with E-state index in [9.17, 15) is 4.79 Å². The Kier molecular flexibility index (Phi) is 10.3. The molecule has 1 fully saturated rings. The van der Waals surface area contributed by atoms with E-state index in [0.29, 0.717) is 19.6 Å². The van der Waals surface area contributed by atoms with Crippen LogP contribution in [0, 0.1) is 5.92 Å². The summed E-state index contributed by atoms with van der Waals surface area (Å²) in [5, 5.41) is 0. The largest absolute Gasteiger partial charge is 0.493 e. The van der Waals surface area contributed by atoms with E-state index in [1.54, 1.807) is 7.11 Å². The summed E-state index contributed by atoms with van der Waals surface area (Å²) in [4.78, 5) is 15.3. The second-order valence-corrected chi connectivity index (χ2v) is 7.73. The average molecular weight is 462 g/mol. The first-order valence-electron chi connectivity index (χ1n) is 10.7. The molecule has 2 aromatic rings. The number of benzene rings is 2. The number of nitrogens with two attached hydrogens (primary N) is 2. The van der Waals surface area contributed by atoms with Gasteiger partial charge in [0.1, 0.15) is 11.5 Å². The van der Waals surface area contributed by atoms with Gasteiger partial charge < -0.3 is 25.7 Å². The number of hydrogen-bond acceptors (Lipinski definition) is 4. The number of hydrogen-bond donors (Lipinski definition) is 2. The molecule has 0 aliphatic heterocycles. The minimum absolute atomic E-state index is 0. The molecule has 1 saturated carbocycles. The molecule has 0 saturated heterocycles. The Balaban J connectivity index is 0.00000363. The first-order valence-corrected chi connectivity index (χ1v) is 10.7. The number of carbonyl (C=O) groups excluding carboxylic acids is 1. The second kappa shape index (κ2) is 12.9. The van der Waals surface area contributed by atoms with E-state index in [1.165, 1.54) is 12.8 Å². The molecule has 2 aromatic carbocycles. The van der Waals surface area contributed by atoms with Crippen molar-refractivity contribution < 1.29 is 19.0 Å². The molecule has 1 amide bonds. The van der Waals surface area contributed by atoms with Crippen molar-refractivity contribution in [1.82, 2.24) is 0 Å². The summed E-state index contributed by atoms with van der Waals surface area (Å²) in [5.74, 6) is 1.82. The fraction of sp³-hybridized carbons (Fsp3) is 0.417. The monoisotopic (exact) mass is 461 g/mol. The highest BCUT2D eigenvalue weighted by Crippen LogP contribution is 2.34. The van der Waals surface area contributed by atoms with Gasteiger partial charge >= 0.3 is 0 Å². The molecule has 32 heavy (non-hydrogen) atoms. The zero-order chi connectivity index (χ0) is 22.1. The lowest BCUT2D eigenvalue weighted by molar-refractivity contribution is -0.117. The molecule has 7 nitrogen and oxygen atoms in total. The number of aryl methyl sites for hydroxylation is 1. The standard InChI is InChI=1S/C24H31N3O4.ClH/c1-29-13-2-14-30-22-15-17(6-12-23(28)27-24(25)26)5-11-21(22)19-7-9-20(10-8-19)31-16-18-3-4-18;/h5,7-11,15,18H,2-4,6,12-14,16H2,1H3,(H4,25,26,27,28);1H. The van der Waals surface area contributed by atoms with Gasteiger partial charge in [-0.05, 0) is 54.5 Å². The smallest absolute Gasteiger partial charge is 0.249 e. The van der Waals surface area contributed by atoms with Crippen molar-refractivity contribution in [1.29, 1.82) is 0 Å². The minimum atomic E-state index is -0.339. The molecule has 8 heteroatoms. The maximum atomic E-state index is 11.8. The third-order valence-corrected chi connectivity index (χ3v) is 5.03. The molecular formula is C24H32ClN3O4. The minimum Gasteiger partial charge on any atom is -0.493 e. The second-order valence-electron chi connectivity index (χ2n) is 7.73. The average Bonchev–Trinajstić information content (AvgIpc) is 3.58. The zero-order valence-electron chi connectivity index (χ0n) is 18.4. The number of ether oxygens (including phenoxy) is 3. The van der Waals surface area contributed by atoms with Gasteiger partial charge in [0.05, 0.1) is 13.2 Å². The van der Waals surface area contributed by atoms with Crippen LogP contribution in [0.1, 0.15) is 31.2 Å². The molecule has 0 spiro atoms. The molecule has 1 aliphatic carbocycles. The van der Waals surface area contributed by atoms with Gasteiger partial charge in [0.2, 0.25) is 5.91 Å². The first-order chi connectivity index (χ1) is 15.0. The lowest BCUT2D eigenvalue weighted by Gasteiger charge is -2.14. The van der Waals surface area contributed by atoms with E-state index in [2.05, 4.69) is 4.99 Å². The van der Waals surface area contributed by atoms with Crippen molar-refractivity contribution in [3.8, 4) is 22.6 Å². The number of amides is 1. The van der Waals surface area contributed by atoms with Crippen molar-refractivity contribution in [2.75, 3.05) is 26.9 Å². The topological polar surface area (TPSA) is 109 Å². The van der Waals surface area contributed by atoms with Gasteiger partial charge in [-0.15, -0.1) is 12.4 Å². The summed E-state index contributed by atoms with van der Waals surface area (Å²) in [6.45, 7) is 1.97. The van der Waals surface area contributed by atoms with Crippen molar-refractivity contribution in [3.63, 3.8) is 0 Å². The Hall–Kier alpha value is -2.77. The molecule has 0 unspecified atom stereocenters. The van der Waals surface area contributed by atoms with E-state index in [4.69, 9.17) is 25.7 Å². The van der Waals surface area contributed by atoms with Gasteiger partial charge in [0, 0.05) is 32.1 Å². The quantitative estimate of drug-likeness (QED) is 0.283. The van der Waals surface area contributed by atoms with Crippen LogP contribution in [0.5, 0.6) is 11.5 Å². The van der Waals surface area contributed by atoms with Crippen LogP contribution in [0.15, 0.2) is 47.5 Å². The normalized spacial score (nSPS) is 12.5. The summed E-state index contributed by atoms with van der Waals surface area (Å²) in [6.07, 6.45) is 4.08. The van der Waals surface area contributed by atoms with Gasteiger partial charge in [-0.2, -0.15) is 4.99 Å². The predicted molar refractivity (Wildman–Crippen MR) is 128 cm³/mol. The van der Waals surface area contributed by atoms with E-state index in [1.807, 2.05) is 42.5 Å². The SMILES string of the molecule is COCCCOc1cc(CCC(=O)N=C(N)N)ccc1-c1ccc(OCC2CC2)cc1.Cl. The molecule has 1 aliphatic rings. The molecule has 174 valence electrons. The summed E-state index contributed by atoms with van der Waals surface area (Å²) in [6, 6.07) is 14.1. The highest BCUT2D eigenvalue weighted by Gasteiger charge is 2.21. The van der Waals surface area contributed by atoms with Crippen molar-refractivity contribution in [2.24, 2.45) is 22.4 Å². The van der Waals surface area contributed by atoms with Gasteiger partial charge in [-0.25, -0.2) is 0 Å². The van der Waals surface area contributed by atoms with Crippen LogP contribution in [0.3, 0.4) is 0 Å². The Labute approximate surface area is 195 Å². The van der Waals surface area contributed by atoms with Gasteiger partial charge in [-0.1, -0.05) is 24.3 Å². The van der Waals surface area contributed by atoms with Crippen molar-refractivity contribution in [2.45, 2.75) is 32.1 Å². The third kappa shape index (κ3) is 8.40. The van der Waals surface area contributed by atoms with E-state index in [-0.39, 0.29) is 30.7 Å². The Bertz CT molecular complexity index is 895. The van der Waals surface area contributed by atoms with Gasteiger partial charge in [0.15, 0.2) is 5.96 Å². The van der Waals surface area contributed by atoms with Crippen LogP contribution in [-0.2, 0) is 16.0 Å². The molecule has 0 atom stereocenters. The Morgan fingerprint density at radius 2 is 1.81 bits per heavy atom. The number of methoxy groups -OCH3 is 1. The summed E-state index contributed by atoms with van der Waals surface area (Å²) < 4.78 is 17.0.